The molecule has 6 heteroatoms. The number of rotatable bonds is 4. The lowest BCUT2D eigenvalue weighted by molar-refractivity contribution is -0.131. The molecule has 0 aromatic heterocycles. The van der Waals surface area contributed by atoms with Gasteiger partial charge >= 0.3 is 0 Å². The van der Waals surface area contributed by atoms with Gasteiger partial charge in [0.15, 0.2) is 0 Å². The summed E-state index contributed by atoms with van der Waals surface area (Å²) < 4.78 is 27.3. The summed E-state index contributed by atoms with van der Waals surface area (Å²) in [4.78, 5) is 13.8. The molecule has 1 aliphatic rings. The molecule has 1 unspecified atom stereocenters. The van der Waals surface area contributed by atoms with Gasteiger partial charge < -0.3 is 4.90 Å². The van der Waals surface area contributed by atoms with E-state index in [4.69, 9.17) is 0 Å². The van der Waals surface area contributed by atoms with E-state index >= 15 is 0 Å². The highest BCUT2D eigenvalue weighted by atomic mass is 32.2. The van der Waals surface area contributed by atoms with Crippen molar-refractivity contribution >= 4 is 15.9 Å². The van der Waals surface area contributed by atoms with Crippen molar-refractivity contribution in [2.24, 2.45) is 0 Å². The molecule has 1 heterocycles. The quantitative estimate of drug-likeness (QED) is 0.918. The molecule has 2 rings (SSSR count). The zero-order chi connectivity index (χ0) is 16.5. The summed E-state index contributed by atoms with van der Waals surface area (Å²) in [6.07, 6.45) is 0.226. The van der Waals surface area contributed by atoms with Crippen molar-refractivity contribution in [1.29, 1.82) is 0 Å². The fourth-order valence-electron chi connectivity index (χ4n) is 2.71. The second-order valence-corrected chi connectivity index (χ2v) is 8.63. The third kappa shape index (κ3) is 4.08. The normalized spacial score (nSPS) is 19.7. The molecule has 22 heavy (non-hydrogen) atoms. The van der Waals surface area contributed by atoms with Crippen LogP contribution in [0.5, 0.6) is 0 Å². The minimum Gasteiger partial charge on any atom is -0.336 e. The van der Waals surface area contributed by atoms with Gasteiger partial charge in [-0.1, -0.05) is 24.3 Å². The molecule has 1 saturated heterocycles. The van der Waals surface area contributed by atoms with Crippen LogP contribution in [-0.2, 0) is 20.6 Å². The van der Waals surface area contributed by atoms with Crippen LogP contribution in [-0.4, -0.2) is 37.4 Å². The van der Waals surface area contributed by atoms with Gasteiger partial charge in [-0.3, -0.25) is 4.79 Å². The minimum absolute atomic E-state index is 0.00362. The first-order chi connectivity index (χ1) is 10.1. The highest BCUT2D eigenvalue weighted by molar-refractivity contribution is 7.88. The summed E-state index contributed by atoms with van der Waals surface area (Å²) in [5, 5.41) is 0. The average molecular weight is 324 g/mol. The number of amides is 1. The zero-order valence-electron chi connectivity index (χ0n) is 13.6. The van der Waals surface area contributed by atoms with Crippen molar-refractivity contribution in [1.82, 2.24) is 9.62 Å². The molecule has 0 aliphatic carbocycles. The Morgan fingerprint density at radius 1 is 1.27 bits per heavy atom. The number of hydrogen-bond acceptors (Lipinski definition) is 3. The van der Waals surface area contributed by atoms with E-state index in [0.717, 1.165) is 11.1 Å². The molecule has 5 nitrogen and oxygen atoms in total. The summed E-state index contributed by atoms with van der Waals surface area (Å²) in [6, 6.07) is 7.08. The summed E-state index contributed by atoms with van der Waals surface area (Å²) in [5.41, 5.74) is 1.45. The van der Waals surface area contributed by atoms with Gasteiger partial charge in [0.1, 0.15) is 0 Å². The molecule has 1 atom stereocenters. The smallest absolute Gasteiger partial charge is 0.224 e. The van der Waals surface area contributed by atoms with Crippen molar-refractivity contribution in [3.05, 3.63) is 35.4 Å². The van der Waals surface area contributed by atoms with Gasteiger partial charge in [0.05, 0.1) is 5.75 Å². The SMILES string of the molecule is Cc1ccccc1CS(=O)(=O)NC1CC(=O)N(C(C)(C)C)C1. The van der Waals surface area contributed by atoms with Crippen LogP contribution in [0.2, 0.25) is 0 Å². The molecule has 1 amide bonds. The topological polar surface area (TPSA) is 66.5 Å². The molecular weight excluding hydrogens is 300 g/mol. The number of nitrogens with one attached hydrogen (secondary N) is 1. The predicted octanol–water partition coefficient (Wildman–Crippen LogP) is 1.81. The monoisotopic (exact) mass is 324 g/mol. The Labute approximate surface area is 132 Å². The summed E-state index contributed by atoms with van der Waals surface area (Å²) in [7, 11) is -3.46. The van der Waals surface area contributed by atoms with E-state index in [1.54, 1.807) is 4.90 Å². The van der Waals surface area contributed by atoms with Crippen LogP contribution in [0.1, 0.15) is 38.3 Å². The van der Waals surface area contributed by atoms with Gasteiger partial charge in [0.25, 0.3) is 0 Å². The zero-order valence-corrected chi connectivity index (χ0v) is 14.4. The second-order valence-electron chi connectivity index (χ2n) is 6.88. The van der Waals surface area contributed by atoms with Crippen LogP contribution in [0.3, 0.4) is 0 Å². The number of nitrogens with zero attached hydrogens (tertiary/aromatic N) is 1. The van der Waals surface area contributed by atoms with Crippen molar-refractivity contribution in [2.75, 3.05) is 6.54 Å². The molecule has 0 saturated carbocycles. The number of sulfonamides is 1. The number of benzene rings is 1. The van der Waals surface area contributed by atoms with Gasteiger partial charge in [-0.15, -0.1) is 0 Å². The van der Waals surface area contributed by atoms with Crippen LogP contribution < -0.4 is 4.72 Å². The van der Waals surface area contributed by atoms with Crippen molar-refractivity contribution in [2.45, 2.75) is 51.4 Å². The second kappa shape index (κ2) is 6.01. The summed E-state index contributed by atoms with van der Waals surface area (Å²) in [6.45, 7) is 8.18. The maximum Gasteiger partial charge on any atom is 0.224 e. The molecule has 1 aromatic rings. The number of likely N-dealkylation sites (tertiary alicyclic amines) is 1. The van der Waals surface area contributed by atoms with Gasteiger partial charge in [-0.2, -0.15) is 0 Å². The molecule has 0 bridgehead atoms. The van der Waals surface area contributed by atoms with Crippen LogP contribution in [0.4, 0.5) is 0 Å². The number of carbonyl (C=O) groups excluding carboxylic acids is 1. The fourth-order valence-corrected chi connectivity index (χ4v) is 4.19. The number of hydrogen-bond donors (Lipinski definition) is 1. The van der Waals surface area contributed by atoms with Crippen LogP contribution >= 0.6 is 0 Å². The first kappa shape index (κ1) is 17.0. The highest BCUT2D eigenvalue weighted by Crippen LogP contribution is 2.22. The molecule has 0 spiro atoms. The van der Waals surface area contributed by atoms with Crippen molar-refractivity contribution < 1.29 is 13.2 Å². The van der Waals surface area contributed by atoms with Gasteiger partial charge in [0.2, 0.25) is 15.9 Å². The predicted molar refractivity (Wildman–Crippen MR) is 86.8 cm³/mol. The molecular formula is C16H24N2O3S. The van der Waals surface area contributed by atoms with E-state index in [-0.39, 0.29) is 29.7 Å². The van der Waals surface area contributed by atoms with Crippen LogP contribution in [0.15, 0.2) is 24.3 Å². The maximum absolute atomic E-state index is 12.3. The number of aryl methyl sites for hydroxylation is 1. The minimum atomic E-state index is -3.46. The molecule has 1 aliphatic heterocycles. The molecule has 1 N–H and O–H groups in total. The lowest BCUT2D eigenvalue weighted by Gasteiger charge is -2.32. The Kier molecular flexibility index (Phi) is 4.63. The third-order valence-electron chi connectivity index (χ3n) is 3.89. The van der Waals surface area contributed by atoms with Gasteiger partial charge in [-0.05, 0) is 38.8 Å². The standard InChI is InChI=1S/C16H24N2O3S/c1-12-7-5-6-8-13(12)11-22(20,21)17-14-9-15(19)18(10-14)16(2,3)4/h5-8,14,17H,9-11H2,1-4H3. The van der Waals surface area contributed by atoms with Crippen molar-refractivity contribution in [3.8, 4) is 0 Å². The largest absolute Gasteiger partial charge is 0.336 e. The van der Waals surface area contributed by atoms with Crippen LogP contribution in [0, 0.1) is 6.92 Å². The van der Waals surface area contributed by atoms with E-state index in [0.29, 0.717) is 6.54 Å². The third-order valence-corrected chi connectivity index (χ3v) is 5.27. The van der Waals surface area contributed by atoms with E-state index in [2.05, 4.69) is 4.72 Å². The lowest BCUT2D eigenvalue weighted by Crippen LogP contribution is -2.44. The Bertz CT molecular complexity index is 662. The van der Waals surface area contributed by atoms with Gasteiger partial charge in [0, 0.05) is 24.5 Å². The summed E-state index contributed by atoms with van der Waals surface area (Å²) >= 11 is 0. The average Bonchev–Trinajstić information content (AvgIpc) is 2.72. The van der Waals surface area contributed by atoms with Crippen molar-refractivity contribution in [3.63, 3.8) is 0 Å². The Hall–Kier alpha value is -1.40. The van der Waals surface area contributed by atoms with E-state index in [1.807, 2.05) is 52.0 Å². The first-order valence-corrected chi connectivity index (χ1v) is 9.09. The molecule has 0 radical (unpaired) electrons. The summed E-state index contributed by atoms with van der Waals surface area (Å²) in [5.74, 6) is -0.0593. The van der Waals surface area contributed by atoms with E-state index in [9.17, 15) is 13.2 Å². The van der Waals surface area contributed by atoms with Crippen LogP contribution in [0.25, 0.3) is 0 Å². The molecule has 1 aromatic carbocycles. The Balaban J connectivity index is 2.05. The highest BCUT2D eigenvalue weighted by Gasteiger charge is 2.37. The number of carbonyl (C=O) groups is 1. The van der Waals surface area contributed by atoms with E-state index < -0.39 is 10.0 Å². The van der Waals surface area contributed by atoms with Gasteiger partial charge in [-0.25, -0.2) is 13.1 Å². The fraction of sp³-hybridized carbons (Fsp3) is 0.562. The maximum atomic E-state index is 12.3. The van der Waals surface area contributed by atoms with E-state index in [1.165, 1.54) is 0 Å². The lowest BCUT2D eigenvalue weighted by atomic mass is 10.1. The molecule has 1 fully saturated rings. The Morgan fingerprint density at radius 3 is 2.45 bits per heavy atom. The first-order valence-electron chi connectivity index (χ1n) is 7.43. The molecule has 122 valence electrons. The Morgan fingerprint density at radius 2 is 1.91 bits per heavy atom.